The van der Waals surface area contributed by atoms with Gasteiger partial charge < -0.3 is 19.2 Å². The molecule has 152 valence electrons. The predicted molar refractivity (Wildman–Crippen MR) is 110 cm³/mol. The van der Waals surface area contributed by atoms with Crippen molar-refractivity contribution >= 4 is 14.2 Å². The summed E-state index contributed by atoms with van der Waals surface area (Å²) in [5, 5.41) is 9.49. The van der Waals surface area contributed by atoms with Gasteiger partial charge in [0, 0.05) is 19.6 Å². The first-order valence-electron chi connectivity index (χ1n) is 9.74. The Balaban J connectivity index is 2.20. The van der Waals surface area contributed by atoms with E-state index in [0.717, 1.165) is 5.56 Å². The van der Waals surface area contributed by atoms with Crippen LogP contribution >= 0.6 is 0 Å². The maximum absolute atomic E-state index is 13.2. The fraction of sp³-hybridized carbons (Fsp3) is 0.667. The van der Waals surface area contributed by atoms with Gasteiger partial charge in [0.05, 0.1) is 19.3 Å². The van der Waals surface area contributed by atoms with E-state index in [1.165, 1.54) is 0 Å². The molecule has 0 saturated carbocycles. The molecule has 1 amide bonds. The fourth-order valence-corrected chi connectivity index (χ4v) is 3.98. The van der Waals surface area contributed by atoms with Crippen molar-refractivity contribution < 1.29 is 19.1 Å². The lowest BCUT2D eigenvalue weighted by molar-refractivity contribution is -0.182. The van der Waals surface area contributed by atoms with Gasteiger partial charge in [0.25, 0.3) is 5.91 Å². The van der Waals surface area contributed by atoms with Gasteiger partial charge in [-0.2, -0.15) is 0 Å². The fourth-order valence-electron chi connectivity index (χ4n) is 2.93. The van der Waals surface area contributed by atoms with E-state index >= 15 is 0 Å². The Morgan fingerprint density at radius 3 is 2.48 bits per heavy atom. The number of ether oxygens (including phenoxy) is 1. The second kappa shape index (κ2) is 8.43. The molecular weight excluding hydrogens is 358 g/mol. The zero-order valence-electron chi connectivity index (χ0n) is 17.6. The van der Waals surface area contributed by atoms with Crippen LogP contribution in [0.15, 0.2) is 30.3 Å². The van der Waals surface area contributed by atoms with Crippen molar-refractivity contribution in [1.82, 2.24) is 4.90 Å². The van der Waals surface area contributed by atoms with E-state index in [9.17, 15) is 9.90 Å². The Kier molecular flexibility index (Phi) is 6.89. The summed E-state index contributed by atoms with van der Waals surface area (Å²) >= 11 is 0. The van der Waals surface area contributed by atoms with E-state index in [-0.39, 0.29) is 23.6 Å². The maximum atomic E-state index is 13.2. The summed E-state index contributed by atoms with van der Waals surface area (Å²) in [5.74, 6) is -0.0736. The molecule has 1 N–H and O–H groups in total. The van der Waals surface area contributed by atoms with Crippen LogP contribution in [0.1, 0.15) is 39.7 Å². The van der Waals surface area contributed by atoms with Crippen LogP contribution in [0.25, 0.3) is 0 Å². The first-order valence-corrected chi connectivity index (χ1v) is 12.6. The molecule has 0 aliphatic carbocycles. The Hall–Kier alpha value is -1.21. The minimum atomic E-state index is -1.92. The van der Waals surface area contributed by atoms with Gasteiger partial charge >= 0.3 is 0 Å². The van der Waals surface area contributed by atoms with Crippen molar-refractivity contribution in [2.24, 2.45) is 0 Å². The highest BCUT2D eigenvalue weighted by atomic mass is 28.4. The average molecular weight is 394 g/mol. The summed E-state index contributed by atoms with van der Waals surface area (Å²) in [6.45, 7) is 14.2. The largest absolute Gasteiger partial charge is 0.415 e. The van der Waals surface area contributed by atoms with Crippen LogP contribution in [-0.4, -0.2) is 55.7 Å². The summed E-state index contributed by atoms with van der Waals surface area (Å²) in [7, 11) is -1.92. The SMILES string of the molecule is CC1(CCO)OCC(CO[Si](C)(C)C(C)(C)C)N(Cc2ccccc2)C1=O. The Morgan fingerprint density at radius 1 is 1.30 bits per heavy atom. The molecule has 1 aromatic carbocycles. The number of benzene rings is 1. The van der Waals surface area contributed by atoms with Crippen LogP contribution in [0.3, 0.4) is 0 Å². The molecule has 27 heavy (non-hydrogen) atoms. The van der Waals surface area contributed by atoms with Gasteiger partial charge in [-0.1, -0.05) is 51.1 Å². The molecule has 1 fully saturated rings. The normalized spacial score (nSPS) is 24.3. The lowest BCUT2D eigenvalue weighted by atomic mass is 9.96. The molecule has 2 unspecified atom stereocenters. The van der Waals surface area contributed by atoms with Gasteiger partial charge in [0.1, 0.15) is 5.60 Å². The van der Waals surface area contributed by atoms with Gasteiger partial charge in [-0.3, -0.25) is 4.79 Å². The van der Waals surface area contributed by atoms with Crippen molar-refractivity contribution in [3.05, 3.63) is 35.9 Å². The van der Waals surface area contributed by atoms with Crippen LogP contribution in [0.4, 0.5) is 0 Å². The van der Waals surface area contributed by atoms with Crippen molar-refractivity contribution in [2.75, 3.05) is 19.8 Å². The number of amides is 1. The average Bonchev–Trinajstić information content (AvgIpc) is 2.59. The van der Waals surface area contributed by atoms with Crippen LogP contribution in [0.5, 0.6) is 0 Å². The van der Waals surface area contributed by atoms with Crippen LogP contribution in [-0.2, 0) is 20.5 Å². The molecular formula is C21H35NO4Si. The number of aliphatic hydroxyl groups excluding tert-OH is 1. The van der Waals surface area contributed by atoms with E-state index in [2.05, 4.69) is 33.9 Å². The van der Waals surface area contributed by atoms with Gasteiger partial charge in [0.15, 0.2) is 8.32 Å². The molecule has 2 rings (SSSR count). The number of rotatable bonds is 7. The van der Waals surface area contributed by atoms with Gasteiger partial charge in [-0.25, -0.2) is 0 Å². The number of aliphatic hydroxyl groups is 1. The second-order valence-electron chi connectivity index (χ2n) is 9.16. The van der Waals surface area contributed by atoms with Gasteiger partial charge in [-0.05, 0) is 30.6 Å². The zero-order valence-corrected chi connectivity index (χ0v) is 18.6. The third kappa shape index (κ3) is 5.19. The molecule has 5 nitrogen and oxygen atoms in total. The first kappa shape index (κ1) is 22.1. The number of hydrogen-bond donors (Lipinski definition) is 1. The molecule has 1 aromatic rings. The summed E-state index contributed by atoms with van der Waals surface area (Å²) < 4.78 is 12.3. The topological polar surface area (TPSA) is 59.0 Å². The van der Waals surface area contributed by atoms with Crippen LogP contribution in [0.2, 0.25) is 18.1 Å². The molecule has 1 aliphatic heterocycles. The number of hydrogen-bond acceptors (Lipinski definition) is 4. The second-order valence-corrected chi connectivity index (χ2v) is 14.0. The van der Waals surface area contributed by atoms with Crippen LogP contribution < -0.4 is 0 Å². The quantitative estimate of drug-likeness (QED) is 0.720. The van der Waals surface area contributed by atoms with E-state index in [0.29, 0.717) is 26.2 Å². The highest BCUT2D eigenvalue weighted by Gasteiger charge is 2.46. The standard InChI is InChI=1S/C21H35NO4Si/c1-20(2,3)27(5,6)26-16-18-15-25-21(4,12-13-23)19(24)22(18)14-17-10-8-7-9-11-17/h7-11,18,23H,12-16H2,1-6H3. The molecule has 1 saturated heterocycles. The van der Waals surface area contributed by atoms with Crippen LogP contribution in [0, 0.1) is 0 Å². The molecule has 0 bridgehead atoms. The summed E-state index contributed by atoms with van der Waals surface area (Å²) in [6.07, 6.45) is 0.299. The van der Waals surface area contributed by atoms with Crippen molar-refractivity contribution in [3.8, 4) is 0 Å². The third-order valence-electron chi connectivity index (χ3n) is 5.98. The van der Waals surface area contributed by atoms with Gasteiger partial charge in [-0.15, -0.1) is 0 Å². The molecule has 0 aromatic heterocycles. The highest BCUT2D eigenvalue weighted by Crippen LogP contribution is 2.37. The predicted octanol–water partition coefficient (Wildman–Crippen LogP) is 3.58. The smallest absolute Gasteiger partial charge is 0.255 e. The number of carbonyl (C=O) groups excluding carboxylic acids is 1. The van der Waals surface area contributed by atoms with E-state index in [1.807, 2.05) is 35.2 Å². The Bertz CT molecular complexity index is 629. The monoisotopic (exact) mass is 393 g/mol. The minimum absolute atomic E-state index is 0.0736. The lowest BCUT2D eigenvalue weighted by Crippen LogP contribution is -2.61. The first-order chi connectivity index (χ1) is 12.5. The van der Waals surface area contributed by atoms with Crippen molar-refractivity contribution in [2.45, 2.75) is 70.4 Å². The molecule has 1 heterocycles. The van der Waals surface area contributed by atoms with Crippen molar-refractivity contribution in [3.63, 3.8) is 0 Å². The third-order valence-corrected chi connectivity index (χ3v) is 10.5. The lowest BCUT2D eigenvalue weighted by Gasteiger charge is -2.46. The molecule has 2 atom stereocenters. The van der Waals surface area contributed by atoms with E-state index in [1.54, 1.807) is 6.92 Å². The number of nitrogens with zero attached hydrogens (tertiary/aromatic N) is 1. The number of carbonyl (C=O) groups is 1. The number of morpholine rings is 1. The molecule has 1 aliphatic rings. The Morgan fingerprint density at radius 2 is 1.93 bits per heavy atom. The van der Waals surface area contributed by atoms with Gasteiger partial charge in [0.2, 0.25) is 0 Å². The summed E-state index contributed by atoms with van der Waals surface area (Å²) in [6, 6.07) is 9.86. The summed E-state index contributed by atoms with van der Waals surface area (Å²) in [4.78, 5) is 15.1. The maximum Gasteiger partial charge on any atom is 0.255 e. The minimum Gasteiger partial charge on any atom is -0.415 e. The van der Waals surface area contributed by atoms with E-state index < -0.39 is 13.9 Å². The highest BCUT2D eigenvalue weighted by molar-refractivity contribution is 6.74. The molecule has 0 radical (unpaired) electrons. The Labute approximate surface area is 164 Å². The summed E-state index contributed by atoms with van der Waals surface area (Å²) in [5.41, 5.74) is 0.105. The molecule has 0 spiro atoms. The van der Waals surface area contributed by atoms with E-state index in [4.69, 9.17) is 9.16 Å². The van der Waals surface area contributed by atoms with Crippen molar-refractivity contribution in [1.29, 1.82) is 0 Å². The zero-order chi connectivity index (χ0) is 20.3. The molecule has 6 heteroatoms.